The number of ether oxygens (including phenoxy) is 1. The maximum Gasteiger partial charge on any atom is 0.387 e. The summed E-state index contributed by atoms with van der Waals surface area (Å²) in [6.45, 7) is -2.57. The van der Waals surface area contributed by atoms with Gasteiger partial charge in [-0.3, -0.25) is 14.5 Å². The fourth-order valence-corrected chi connectivity index (χ4v) is 4.52. The van der Waals surface area contributed by atoms with Crippen molar-refractivity contribution in [3.63, 3.8) is 0 Å². The van der Waals surface area contributed by atoms with E-state index < -0.39 is 12.5 Å². The molecule has 0 radical (unpaired) electrons. The summed E-state index contributed by atoms with van der Waals surface area (Å²) in [6, 6.07) is 15.5. The second-order valence-corrected chi connectivity index (χ2v) is 8.70. The van der Waals surface area contributed by atoms with Crippen molar-refractivity contribution in [1.82, 2.24) is 9.80 Å². The third-order valence-electron chi connectivity index (χ3n) is 4.78. The molecule has 0 bridgehead atoms. The fourth-order valence-electron chi connectivity index (χ4n) is 3.22. The van der Waals surface area contributed by atoms with Crippen molar-refractivity contribution in [2.75, 3.05) is 19.7 Å². The Morgan fingerprint density at radius 2 is 1.88 bits per heavy atom. The van der Waals surface area contributed by atoms with Gasteiger partial charge in [-0.25, -0.2) is 0 Å². The molecule has 6 nitrogen and oxygen atoms in total. The van der Waals surface area contributed by atoms with Gasteiger partial charge in [0, 0.05) is 31.6 Å². The fraction of sp³-hybridized carbons (Fsp3) is 0.261. The second kappa shape index (κ2) is 11.9. The van der Waals surface area contributed by atoms with E-state index in [1.807, 2.05) is 30.3 Å². The predicted octanol–water partition coefficient (Wildman–Crippen LogP) is 3.90. The zero-order valence-corrected chi connectivity index (χ0v) is 19.2. The van der Waals surface area contributed by atoms with Gasteiger partial charge in [-0.15, -0.1) is 0 Å². The van der Waals surface area contributed by atoms with E-state index in [9.17, 15) is 23.5 Å². The molecule has 33 heavy (non-hydrogen) atoms. The largest absolute Gasteiger partial charge is 0.434 e. The molecule has 1 saturated heterocycles. The summed E-state index contributed by atoms with van der Waals surface area (Å²) >= 11 is 6.34. The van der Waals surface area contributed by atoms with E-state index in [2.05, 4.69) is 4.74 Å². The smallest absolute Gasteiger partial charge is 0.387 e. The summed E-state index contributed by atoms with van der Waals surface area (Å²) in [5, 5.41) is 9.33. The SMILES string of the molecule is O=C(CCN1C(=O)/C(=C/c2ccccc2OC(F)F)SC1=S)N(CCO)Cc1ccccc1. The number of thioether (sulfide) groups is 1. The topological polar surface area (TPSA) is 70.1 Å². The number of thiocarbonyl (C=S) groups is 1. The Kier molecular flexibility index (Phi) is 8.93. The number of carbonyl (C=O) groups is 2. The highest BCUT2D eigenvalue weighted by atomic mass is 32.2. The normalized spacial score (nSPS) is 14.9. The van der Waals surface area contributed by atoms with Crippen LogP contribution in [-0.4, -0.2) is 57.3 Å². The number of alkyl halides is 2. The minimum atomic E-state index is -2.99. The van der Waals surface area contributed by atoms with Crippen LogP contribution in [-0.2, 0) is 16.1 Å². The van der Waals surface area contributed by atoms with Crippen LogP contribution in [0.25, 0.3) is 6.08 Å². The third kappa shape index (κ3) is 6.83. The molecule has 1 heterocycles. The number of halogens is 2. The Morgan fingerprint density at radius 3 is 2.58 bits per heavy atom. The number of para-hydroxylation sites is 1. The molecule has 0 saturated carbocycles. The second-order valence-electron chi connectivity index (χ2n) is 7.02. The molecule has 0 spiro atoms. The Morgan fingerprint density at radius 1 is 1.18 bits per heavy atom. The van der Waals surface area contributed by atoms with Crippen LogP contribution < -0.4 is 4.74 Å². The average molecular weight is 493 g/mol. The number of hydrogen-bond acceptors (Lipinski definition) is 6. The minimum absolute atomic E-state index is 0.0254. The molecule has 2 aromatic rings. The monoisotopic (exact) mass is 492 g/mol. The summed E-state index contributed by atoms with van der Waals surface area (Å²) in [7, 11) is 0. The molecule has 1 N–H and O–H groups in total. The Hall–Kier alpha value is -2.82. The van der Waals surface area contributed by atoms with Crippen molar-refractivity contribution < 1.29 is 28.2 Å². The number of aliphatic hydroxyl groups is 1. The number of nitrogens with zero attached hydrogens (tertiary/aromatic N) is 2. The van der Waals surface area contributed by atoms with E-state index in [1.54, 1.807) is 18.2 Å². The Labute approximate surface area is 199 Å². The molecule has 2 amide bonds. The molecule has 1 fully saturated rings. The Bertz CT molecular complexity index is 1030. The lowest BCUT2D eigenvalue weighted by molar-refractivity contribution is -0.132. The van der Waals surface area contributed by atoms with Crippen LogP contribution in [0.3, 0.4) is 0 Å². The van der Waals surface area contributed by atoms with Crippen LogP contribution in [0.2, 0.25) is 0 Å². The molecule has 10 heteroatoms. The molecule has 0 unspecified atom stereocenters. The first-order chi connectivity index (χ1) is 15.9. The van der Waals surface area contributed by atoms with Crippen LogP contribution in [0.5, 0.6) is 5.75 Å². The highest BCUT2D eigenvalue weighted by Crippen LogP contribution is 2.34. The lowest BCUT2D eigenvalue weighted by atomic mass is 10.2. The van der Waals surface area contributed by atoms with Crippen molar-refractivity contribution in [3.8, 4) is 5.75 Å². The molecule has 1 aliphatic heterocycles. The van der Waals surface area contributed by atoms with E-state index >= 15 is 0 Å². The van der Waals surface area contributed by atoms with Crippen LogP contribution in [0.4, 0.5) is 8.78 Å². The van der Waals surface area contributed by atoms with Gasteiger partial charge in [-0.1, -0.05) is 72.5 Å². The van der Waals surface area contributed by atoms with E-state index in [0.29, 0.717) is 12.1 Å². The van der Waals surface area contributed by atoms with Crippen LogP contribution >= 0.6 is 24.0 Å². The van der Waals surface area contributed by atoms with Crippen molar-refractivity contribution in [2.45, 2.75) is 19.6 Å². The van der Waals surface area contributed by atoms with Gasteiger partial charge < -0.3 is 14.7 Å². The maximum absolute atomic E-state index is 12.8. The average Bonchev–Trinajstić information content (AvgIpc) is 3.05. The highest BCUT2D eigenvalue weighted by molar-refractivity contribution is 8.26. The summed E-state index contributed by atoms with van der Waals surface area (Å²) in [4.78, 5) is 28.7. The van der Waals surface area contributed by atoms with Gasteiger partial charge in [0.2, 0.25) is 5.91 Å². The zero-order chi connectivity index (χ0) is 23.8. The number of rotatable bonds is 10. The predicted molar refractivity (Wildman–Crippen MR) is 127 cm³/mol. The van der Waals surface area contributed by atoms with Crippen LogP contribution in [0.15, 0.2) is 59.5 Å². The lowest BCUT2D eigenvalue weighted by Gasteiger charge is -2.23. The molecule has 3 rings (SSSR count). The number of aliphatic hydroxyl groups excluding tert-OH is 1. The van der Waals surface area contributed by atoms with Gasteiger partial charge in [-0.05, 0) is 17.7 Å². The van der Waals surface area contributed by atoms with Gasteiger partial charge in [0.1, 0.15) is 10.1 Å². The van der Waals surface area contributed by atoms with Crippen LogP contribution in [0.1, 0.15) is 17.5 Å². The minimum Gasteiger partial charge on any atom is -0.434 e. The lowest BCUT2D eigenvalue weighted by Crippen LogP contribution is -2.37. The van der Waals surface area contributed by atoms with E-state index in [0.717, 1.165) is 17.3 Å². The molecular formula is C23H22F2N2O4S2. The summed E-state index contributed by atoms with van der Waals surface area (Å²) in [5.41, 5.74) is 1.25. The number of hydrogen-bond donors (Lipinski definition) is 1. The number of carbonyl (C=O) groups excluding carboxylic acids is 2. The molecule has 0 aliphatic carbocycles. The maximum atomic E-state index is 12.8. The van der Waals surface area contributed by atoms with Gasteiger partial charge in [0.05, 0.1) is 11.5 Å². The standard InChI is InChI=1S/C23H22F2N2O4S2/c24-22(25)31-18-9-5-4-8-17(18)14-19-21(30)27(23(32)33-19)11-10-20(29)26(12-13-28)15-16-6-2-1-3-7-16/h1-9,14,22,28H,10-13,15H2/b19-14-. The number of amides is 2. The van der Waals surface area contributed by atoms with E-state index in [-0.39, 0.29) is 47.0 Å². The van der Waals surface area contributed by atoms with Crippen molar-refractivity contribution in [3.05, 3.63) is 70.6 Å². The zero-order valence-electron chi connectivity index (χ0n) is 17.5. The molecule has 0 aromatic heterocycles. The molecule has 2 aromatic carbocycles. The first kappa shape index (κ1) is 24.8. The van der Waals surface area contributed by atoms with Gasteiger partial charge in [0.25, 0.3) is 5.91 Å². The van der Waals surface area contributed by atoms with E-state index in [4.69, 9.17) is 12.2 Å². The van der Waals surface area contributed by atoms with Gasteiger partial charge in [-0.2, -0.15) is 8.78 Å². The molecular weight excluding hydrogens is 470 g/mol. The Balaban J connectivity index is 1.66. The molecule has 174 valence electrons. The quantitative estimate of drug-likeness (QED) is 0.401. The van der Waals surface area contributed by atoms with Crippen molar-refractivity contribution in [1.29, 1.82) is 0 Å². The number of benzene rings is 2. The van der Waals surface area contributed by atoms with Gasteiger partial charge in [0.15, 0.2) is 0 Å². The molecule has 0 atom stereocenters. The summed E-state index contributed by atoms with van der Waals surface area (Å²) < 4.78 is 30.1. The first-order valence-corrected chi connectivity index (χ1v) is 11.3. The first-order valence-electron chi connectivity index (χ1n) is 10.1. The van der Waals surface area contributed by atoms with E-state index in [1.165, 1.54) is 21.9 Å². The summed E-state index contributed by atoms with van der Waals surface area (Å²) in [5.74, 6) is -0.670. The molecule has 1 aliphatic rings. The van der Waals surface area contributed by atoms with Gasteiger partial charge >= 0.3 is 6.61 Å². The van der Waals surface area contributed by atoms with Crippen molar-refractivity contribution >= 4 is 46.2 Å². The highest BCUT2D eigenvalue weighted by Gasteiger charge is 2.32. The third-order valence-corrected chi connectivity index (χ3v) is 6.16. The van der Waals surface area contributed by atoms with Crippen molar-refractivity contribution in [2.24, 2.45) is 0 Å². The summed E-state index contributed by atoms with van der Waals surface area (Å²) in [6.07, 6.45) is 1.48. The van der Waals surface area contributed by atoms with Crippen LogP contribution in [0, 0.1) is 0 Å².